The predicted octanol–water partition coefficient (Wildman–Crippen LogP) is 4.17. The molecule has 0 aliphatic rings. The molecule has 0 unspecified atom stereocenters. The van der Waals surface area contributed by atoms with E-state index in [0.717, 1.165) is 16.7 Å². The number of hydrogen-bond donors (Lipinski definition) is 0. The Morgan fingerprint density at radius 3 is 2.47 bits per heavy atom. The SMILES string of the molecule is COC(=O)c1cc(CBr)ccc1-c1ccc(F)cc1. The maximum absolute atomic E-state index is 12.9. The summed E-state index contributed by atoms with van der Waals surface area (Å²) >= 11 is 3.35. The largest absolute Gasteiger partial charge is 0.465 e. The molecule has 98 valence electrons. The van der Waals surface area contributed by atoms with Crippen molar-refractivity contribution in [3.63, 3.8) is 0 Å². The van der Waals surface area contributed by atoms with Gasteiger partial charge in [-0.1, -0.05) is 40.2 Å². The summed E-state index contributed by atoms with van der Waals surface area (Å²) in [6, 6.07) is 11.6. The molecule has 19 heavy (non-hydrogen) atoms. The lowest BCUT2D eigenvalue weighted by molar-refractivity contribution is 0.0601. The molecule has 0 fully saturated rings. The third-order valence-corrected chi connectivity index (χ3v) is 3.45. The van der Waals surface area contributed by atoms with Crippen LogP contribution in [0.5, 0.6) is 0 Å². The Kier molecular flexibility index (Phi) is 4.32. The van der Waals surface area contributed by atoms with E-state index in [1.807, 2.05) is 12.1 Å². The number of carbonyl (C=O) groups is 1. The highest BCUT2D eigenvalue weighted by Gasteiger charge is 2.14. The van der Waals surface area contributed by atoms with Gasteiger partial charge in [0.05, 0.1) is 12.7 Å². The highest BCUT2D eigenvalue weighted by atomic mass is 79.9. The van der Waals surface area contributed by atoms with Crippen molar-refractivity contribution in [1.82, 2.24) is 0 Å². The number of halogens is 2. The fraction of sp³-hybridized carbons (Fsp3) is 0.133. The second-order valence-electron chi connectivity index (χ2n) is 4.01. The molecule has 2 aromatic rings. The second-order valence-corrected chi connectivity index (χ2v) is 4.57. The molecule has 2 aromatic carbocycles. The highest BCUT2D eigenvalue weighted by Crippen LogP contribution is 2.26. The molecule has 0 heterocycles. The Hall–Kier alpha value is -1.68. The summed E-state index contributed by atoms with van der Waals surface area (Å²) in [6.45, 7) is 0. The van der Waals surface area contributed by atoms with Gasteiger partial charge in [0, 0.05) is 5.33 Å². The molecule has 0 radical (unpaired) electrons. The van der Waals surface area contributed by atoms with Crippen LogP contribution in [0.3, 0.4) is 0 Å². The van der Waals surface area contributed by atoms with Gasteiger partial charge in [-0.2, -0.15) is 0 Å². The zero-order valence-electron chi connectivity index (χ0n) is 10.3. The maximum Gasteiger partial charge on any atom is 0.338 e. The molecule has 0 atom stereocenters. The minimum atomic E-state index is -0.401. The van der Waals surface area contributed by atoms with E-state index >= 15 is 0 Å². The lowest BCUT2D eigenvalue weighted by atomic mass is 9.98. The molecule has 0 aliphatic heterocycles. The van der Waals surface area contributed by atoms with Crippen molar-refractivity contribution in [3.05, 3.63) is 59.4 Å². The number of hydrogen-bond acceptors (Lipinski definition) is 2. The van der Waals surface area contributed by atoms with Crippen LogP contribution in [0.4, 0.5) is 4.39 Å². The lowest BCUT2D eigenvalue weighted by Gasteiger charge is -2.10. The Morgan fingerprint density at radius 1 is 1.21 bits per heavy atom. The number of ether oxygens (including phenoxy) is 1. The van der Waals surface area contributed by atoms with Gasteiger partial charge in [-0.3, -0.25) is 0 Å². The Labute approximate surface area is 119 Å². The molecule has 0 spiro atoms. The number of benzene rings is 2. The zero-order chi connectivity index (χ0) is 13.8. The van der Waals surface area contributed by atoms with Crippen LogP contribution in [-0.4, -0.2) is 13.1 Å². The fourth-order valence-electron chi connectivity index (χ4n) is 1.83. The molecule has 0 aliphatic carbocycles. The van der Waals surface area contributed by atoms with Crippen molar-refractivity contribution in [3.8, 4) is 11.1 Å². The molecule has 0 bridgehead atoms. The van der Waals surface area contributed by atoms with Gasteiger partial charge in [-0.05, 0) is 34.9 Å². The summed E-state index contributed by atoms with van der Waals surface area (Å²) in [5.41, 5.74) is 2.97. The van der Waals surface area contributed by atoms with Gasteiger partial charge in [0.2, 0.25) is 0 Å². The van der Waals surface area contributed by atoms with Crippen LogP contribution in [0.25, 0.3) is 11.1 Å². The van der Waals surface area contributed by atoms with Crippen molar-refractivity contribution in [2.75, 3.05) is 7.11 Å². The normalized spacial score (nSPS) is 10.3. The quantitative estimate of drug-likeness (QED) is 0.626. The summed E-state index contributed by atoms with van der Waals surface area (Å²) < 4.78 is 17.7. The molecular weight excluding hydrogens is 311 g/mol. The Morgan fingerprint density at radius 2 is 1.89 bits per heavy atom. The number of rotatable bonds is 3. The lowest BCUT2D eigenvalue weighted by Crippen LogP contribution is -2.04. The van der Waals surface area contributed by atoms with Crippen LogP contribution < -0.4 is 0 Å². The summed E-state index contributed by atoms with van der Waals surface area (Å²) in [5, 5.41) is 0.653. The van der Waals surface area contributed by atoms with Gasteiger partial charge in [0.1, 0.15) is 5.82 Å². The van der Waals surface area contributed by atoms with Gasteiger partial charge in [0.25, 0.3) is 0 Å². The highest BCUT2D eigenvalue weighted by molar-refractivity contribution is 9.08. The first-order valence-corrected chi connectivity index (χ1v) is 6.81. The summed E-state index contributed by atoms with van der Waals surface area (Å²) in [6.07, 6.45) is 0. The molecule has 0 aromatic heterocycles. The van der Waals surface area contributed by atoms with Crippen LogP contribution in [0, 0.1) is 5.82 Å². The molecule has 0 N–H and O–H groups in total. The second kappa shape index (κ2) is 5.97. The summed E-state index contributed by atoms with van der Waals surface area (Å²) in [4.78, 5) is 11.8. The molecule has 0 saturated heterocycles. The van der Waals surface area contributed by atoms with Crippen LogP contribution in [0.1, 0.15) is 15.9 Å². The zero-order valence-corrected chi connectivity index (χ0v) is 11.9. The van der Waals surface area contributed by atoms with E-state index in [0.29, 0.717) is 10.9 Å². The Bertz CT molecular complexity index is 594. The van der Waals surface area contributed by atoms with Gasteiger partial charge in [-0.15, -0.1) is 0 Å². The maximum atomic E-state index is 12.9. The molecule has 4 heteroatoms. The molecule has 0 saturated carbocycles. The van der Waals surface area contributed by atoms with E-state index in [1.165, 1.54) is 19.2 Å². The van der Waals surface area contributed by atoms with Crippen LogP contribution in [0.15, 0.2) is 42.5 Å². The van der Waals surface area contributed by atoms with Crippen LogP contribution >= 0.6 is 15.9 Å². The monoisotopic (exact) mass is 322 g/mol. The minimum absolute atomic E-state index is 0.305. The van der Waals surface area contributed by atoms with Crippen molar-refractivity contribution in [2.45, 2.75) is 5.33 Å². The first-order chi connectivity index (χ1) is 9.15. The number of methoxy groups -OCH3 is 1. The molecular formula is C15H12BrFO2. The van der Waals surface area contributed by atoms with Crippen molar-refractivity contribution in [1.29, 1.82) is 0 Å². The standard InChI is InChI=1S/C15H12BrFO2/c1-19-15(18)14-8-10(9-16)2-7-13(14)11-3-5-12(17)6-4-11/h2-8H,9H2,1H3. The Balaban J connectivity index is 2.55. The first-order valence-electron chi connectivity index (χ1n) is 5.69. The van der Waals surface area contributed by atoms with Crippen LogP contribution in [0.2, 0.25) is 0 Å². The van der Waals surface area contributed by atoms with Crippen LogP contribution in [-0.2, 0) is 10.1 Å². The number of carbonyl (C=O) groups excluding carboxylic acids is 1. The molecule has 0 amide bonds. The predicted molar refractivity (Wildman–Crippen MR) is 75.8 cm³/mol. The molecule has 2 rings (SSSR count). The van der Waals surface area contributed by atoms with Gasteiger partial charge in [-0.25, -0.2) is 9.18 Å². The average molecular weight is 323 g/mol. The van der Waals surface area contributed by atoms with E-state index < -0.39 is 5.97 Å². The third-order valence-electron chi connectivity index (χ3n) is 2.80. The van der Waals surface area contributed by atoms with Gasteiger partial charge >= 0.3 is 5.97 Å². The van der Waals surface area contributed by atoms with Crippen molar-refractivity contribution in [2.24, 2.45) is 0 Å². The van der Waals surface area contributed by atoms with Crippen molar-refractivity contribution < 1.29 is 13.9 Å². The van der Waals surface area contributed by atoms with E-state index in [-0.39, 0.29) is 5.82 Å². The third kappa shape index (κ3) is 3.01. The fourth-order valence-corrected chi connectivity index (χ4v) is 2.18. The smallest absolute Gasteiger partial charge is 0.338 e. The van der Waals surface area contributed by atoms with E-state index in [1.54, 1.807) is 18.2 Å². The number of esters is 1. The van der Waals surface area contributed by atoms with Crippen molar-refractivity contribution >= 4 is 21.9 Å². The minimum Gasteiger partial charge on any atom is -0.465 e. The van der Waals surface area contributed by atoms with E-state index in [4.69, 9.17) is 4.74 Å². The summed E-state index contributed by atoms with van der Waals surface area (Å²) in [5.74, 6) is -0.706. The molecule has 2 nitrogen and oxygen atoms in total. The van der Waals surface area contributed by atoms with Gasteiger partial charge in [0.15, 0.2) is 0 Å². The first kappa shape index (κ1) is 13.7. The topological polar surface area (TPSA) is 26.3 Å². The van der Waals surface area contributed by atoms with Gasteiger partial charge < -0.3 is 4.74 Å². The number of alkyl halides is 1. The average Bonchev–Trinajstić information content (AvgIpc) is 2.46. The summed E-state index contributed by atoms with van der Waals surface area (Å²) in [7, 11) is 1.34. The van der Waals surface area contributed by atoms with E-state index in [9.17, 15) is 9.18 Å². The van der Waals surface area contributed by atoms with E-state index in [2.05, 4.69) is 15.9 Å².